The van der Waals surface area contributed by atoms with Gasteiger partial charge in [-0.05, 0) is 55.7 Å². The summed E-state index contributed by atoms with van der Waals surface area (Å²) in [7, 11) is 0. The van der Waals surface area contributed by atoms with E-state index in [2.05, 4.69) is 91.2 Å². The van der Waals surface area contributed by atoms with E-state index in [9.17, 15) is 0 Å². The molecular weight excluding hydrogens is 314 g/mol. The maximum atomic E-state index is 2.46. The second kappa shape index (κ2) is 5.67. The first-order valence-electron chi connectivity index (χ1n) is 9.60. The SMILES string of the molecule is CC1(C)CCCc2c(-c3ccccc3)cc3c4ccccc4cc[n+]3c21. The summed E-state index contributed by atoms with van der Waals surface area (Å²) in [5.74, 6) is 0. The average molecular weight is 338 g/mol. The molecule has 128 valence electrons. The van der Waals surface area contributed by atoms with Crippen LogP contribution < -0.4 is 4.40 Å². The lowest BCUT2D eigenvalue weighted by Crippen LogP contribution is -2.40. The third-order valence-electron chi connectivity index (χ3n) is 5.99. The number of aromatic nitrogens is 1. The third kappa shape index (κ3) is 2.27. The Morgan fingerprint density at radius 3 is 2.50 bits per heavy atom. The molecule has 2 heterocycles. The monoisotopic (exact) mass is 338 g/mol. The Balaban J connectivity index is 1.98. The minimum atomic E-state index is 0.184. The van der Waals surface area contributed by atoms with E-state index in [1.165, 1.54) is 57.9 Å². The van der Waals surface area contributed by atoms with Gasteiger partial charge >= 0.3 is 0 Å². The Morgan fingerprint density at radius 1 is 0.885 bits per heavy atom. The number of benzene rings is 2. The molecule has 0 fully saturated rings. The van der Waals surface area contributed by atoms with Crippen LogP contribution in [-0.4, -0.2) is 0 Å². The molecule has 0 unspecified atom stereocenters. The van der Waals surface area contributed by atoms with Crippen LogP contribution in [0.3, 0.4) is 0 Å². The lowest BCUT2D eigenvalue weighted by atomic mass is 9.73. The van der Waals surface area contributed by atoms with E-state index in [1.54, 1.807) is 0 Å². The van der Waals surface area contributed by atoms with Crippen LogP contribution in [0.4, 0.5) is 0 Å². The summed E-state index contributed by atoms with van der Waals surface area (Å²) in [4.78, 5) is 0. The highest BCUT2D eigenvalue weighted by Crippen LogP contribution is 2.40. The summed E-state index contributed by atoms with van der Waals surface area (Å²) in [6.07, 6.45) is 5.95. The van der Waals surface area contributed by atoms with Crippen molar-refractivity contribution in [3.05, 3.63) is 84.2 Å². The van der Waals surface area contributed by atoms with Crippen molar-refractivity contribution in [2.24, 2.45) is 0 Å². The fourth-order valence-corrected chi connectivity index (χ4v) is 4.77. The van der Waals surface area contributed by atoms with Crippen LogP contribution in [0.2, 0.25) is 0 Å². The fraction of sp³-hybridized carbons (Fsp3) is 0.240. The molecule has 26 heavy (non-hydrogen) atoms. The van der Waals surface area contributed by atoms with Crippen molar-refractivity contribution in [2.45, 2.75) is 38.5 Å². The van der Waals surface area contributed by atoms with E-state index >= 15 is 0 Å². The maximum absolute atomic E-state index is 2.46. The minimum Gasteiger partial charge on any atom is -0.163 e. The molecule has 1 nitrogen and oxygen atoms in total. The molecule has 0 N–H and O–H groups in total. The molecule has 0 saturated heterocycles. The zero-order valence-corrected chi connectivity index (χ0v) is 15.5. The molecule has 1 aliphatic rings. The Morgan fingerprint density at radius 2 is 1.65 bits per heavy atom. The topological polar surface area (TPSA) is 4.10 Å². The number of hydrogen-bond acceptors (Lipinski definition) is 0. The van der Waals surface area contributed by atoms with Crippen molar-refractivity contribution in [3.8, 4) is 11.1 Å². The zero-order chi connectivity index (χ0) is 17.7. The molecule has 2 aromatic carbocycles. The first kappa shape index (κ1) is 15.6. The third-order valence-corrected chi connectivity index (χ3v) is 5.99. The molecule has 0 atom stereocenters. The standard InChI is InChI=1S/C25H24N/c1-25(2)15-8-13-21-22(18-9-4-3-5-10-18)17-23-20-12-7-6-11-19(20)14-16-26(23)24(21)25/h3-7,9-12,14,16-17H,8,13,15H2,1-2H3/q+1. The molecule has 1 heteroatoms. The van der Waals surface area contributed by atoms with Gasteiger partial charge in [-0.25, -0.2) is 0 Å². The molecule has 0 aliphatic heterocycles. The molecule has 0 saturated carbocycles. The Bertz CT molecular complexity index is 1120. The molecule has 0 spiro atoms. The van der Waals surface area contributed by atoms with E-state index in [0.29, 0.717) is 0 Å². The summed E-state index contributed by atoms with van der Waals surface area (Å²) in [6, 6.07) is 24.3. The highest BCUT2D eigenvalue weighted by atomic mass is 14.9. The van der Waals surface area contributed by atoms with E-state index in [1.807, 2.05) is 0 Å². The van der Waals surface area contributed by atoms with Crippen LogP contribution in [-0.2, 0) is 11.8 Å². The number of nitrogens with zero attached hydrogens (tertiary/aromatic N) is 1. The summed E-state index contributed by atoms with van der Waals surface area (Å²) in [5, 5.41) is 2.64. The van der Waals surface area contributed by atoms with E-state index in [-0.39, 0.29) is 5.41 Å². The fourth-order valence-electron chi connectivity index (χ4n) is 4.77. The smallest absolute Gasteiger partial charge is 0.163 e. The van der Waals surface area contributed by atoms with Gasteiger partial charge in [0, 0.05) is 17.7 Å². The van der Waals surface area contributed by atoms with Crippen molar-refractivity contribution in [2.75, 3.05) is 0 Å². The predicted octanol–water partition coefficient (Wildman–Crippen LogP) is 5.86. The zero-order valence-electron chi connectivity index (χ0n) is 15.5. The van der Waals surface area contributed by atoms with E-state index in [4.69, 9.17) is 0 Å². The summed E-state index contributed by atoms with van der Waals surface area (Å²) in [5.41, 5.74) is 7.26. The molecular formula is C25H24N+. The van der Waals surface area contributed by atoms with Crippen LogP contribution in [0.1, 0.15) is 37.9 Å². The van der Waals surface area contributed by atoms with Crippen LogP contribution in [0, 0.1) is 0 Å². The molecule has 1 aliphatic carbocycles. The molecule has 4 aromatic rings. The number of hydrogen-bond donors (Lipinski definition) is 0. The van der Waals surface area contributed by atoms with Gasteiger partial charge < -0.3 is 0 Å². The largest absolute Gasteiger partial charge is 0.219 e. The highest BCUT2D eigenvalue weighted by Gasteiger charge is 2.38. The second-order valence-electron chi connectivity index (χ2n) is 8.15. The number of fused-ring (bicyclic) bond motifs is 5. The van der Waals surface area contributed by atoms with Crippen molar-refractivity contribution >= 4 is 16.3 Å². The maximum Gasteiger partial charge on any atom is 0.219 e. The van der Waals surface area contributed by atoms with Crippen LogP contribution in [0.5, 0.6) is 0 Å². The van der Waals surface area contributed by atoms with Gasteiger partial charge in [0.25, 0.3) is 0 Å². The Hall–Kier alpha value is -2.67. The van der Waals surface area contributed by atoms with Crippen LogP contribution in [0.25, 0.3) is 27.4 Å². The van der Waals surface area contributed by atoms with Gasteiger partial charge in [-0.1, -0.05) is 48.5 Å². The molecule has 5 rings (SSSR count). The summed E-state index contributed by atoms with van der Waals surface area (Å²) < 4.78 is 2.46. The first-order valence-corrected chi connectivity index (χ1v) is 9.60. The van der Waals surface area contributed by atoms with Gasteiger partial charge in [0.15, 0.2) is 11.9 Å². The Kier molecular flexibility index (Phi) is 3.40. The Labute approximate surface area is 154 Å². The van der Waals surface area contributed by atoms with Gasteiger partial charge in [-0.2, -0.15) is 4.40 Å². The average Bonchev–Trinajstić information content (AvgIpc) is 2.67. The van der Waals surface area contributed by atoms with Crippen molar-refractivity contribution in [1.29, 1.82) is 0 Å². The molecule has 2 aromatic heterocycles. The summed E-state index contributed by atoms with van der Waals surface area (Å²) in [6.45, 7) is 4.81. The molecule has 0 bridgehead atoms. The van der Waals surface area contributed by atoms with E-state index < -0.39 is 0 Å². The highest BCUT2D eigenvalue weighted by molar-refractivity contribution is 5.95. The lowest BCUT2D eigenvalue weighted by molar-refractivity contribution is -0.527. The minimum absolute atomic E-state index is 0.184. The van der Waals surface area contributed by atoms with Gasteiger partial charge in [0.1, 0.15) is 0 Å². The number of pyridine rings is 2. The van der Waals surface area contributed by atoms with Crippen molar-refractivity contribution < 1.29 is 4.40 Å². The number of rotatable bonds is 1. The second-order valence-corrected chi connectivity index (χ2v) is 8.15. The summed E-state index contributed by atoms with van der Waals surface area (Å²) >= 11 is 0. The van der Waals surface area contributed by atoms with Crippen LogP contribution in [0.15, 0.2) is 72.9 Å². The quantitative estimate of drug-likeness (QED) is 0.302. The van der Waals surface area contributed by atoms with Gasteiger partial charge in [-0.3, -0.25) is 0 Å². The van der Waals surface area contributed by atoms with Gasteiger partial charge in [0.05, 0.1) is 10.8 Å². The van der Waals surface area contributed by atoms with E-state index in [0.717, 1.165) is 0 Å². The van der Waals surface area contributed by atoms with Gasteiger partial charge in [0.2, 0.25) is 5.52 Å². The molecule has 0 radical (unpaired) electrons. The lowest BCUT2D eigenvalue weighted by Gasteiger charge is -2.30. The van der Waals surface area contributed by atoms with Crippen LogP contribution >= 0.6 is 0 Å². The predicted molar refractivity (Wildman–Crippen MR) is 109 cm³/mol. The van der Waals surface area contributed by atoms with Crippen molar-refractivity contribution in [3.63, 3.8) is 0 Å². The first-order chi connectivity index (χ1) is 12.6. The van der Waals surface area contributed by atoms with Gasteiger partial charge in [-0.15, -0.1) is 0 Å². The van der Waals surface area contributed by atoms with Crippen molar-refractivity contribution in [1.82, 2.24) is 0 Å². The normalized spacial score (nSPS) is 15.9. The molecule has 0 amide bonds.